The van der Waals surface area contributed by atoms with Crippen molar-refractivity contribution in [3.63, 3.8) is 0 Å². The monoisotopic (exact) mass is 166 g/mol. The maximum absolute atomic E-state index is 5.14. The van der Waals surface area contributed by atoms with Crippen molar-refractivity contribution in [1.82, 2.24) is 0 Å². The van der Waals surface area contributed by atoms with Gasteiger partial charge in [-0.05, 0) is 18.2 Å². The Bertz CT molecular complexity index is 335. The van der Waals surface area contributed by atoms with Gasteiger partial charge in [0.1, 0.15) is 0 Å². The summed E-state index contributed by atoms with van der Waals surface area (Å²) < 4.78 is 10.3. The molecule has 56 valence electrons. The fourth-order valence-corrected chi connectivity index (χ4v) is 1.12. The molecule has 0 atom stereocenters. The van der Waals surface area contributed by atoms with E-state index in [1.54, 1.807) is 18.6 Å². The lowest BCUT2D eigenvalue weighted by Gasteiger charge is -1.89. The average Bonchev–Trinajstić information content (AvgIpc) is 2.55. The van der Waals surface area contributed by atoms with Crippen molar-refractivity contribution < 1.29 is 8.83 Å². The number of hydrogen-bond acceptors (Lipinski definition) is 3. The van der Waals surface area contributed by atoms with Crippen LogP contribution < -0.4 is 0 Å². The highest BCUT2D eigenvalue weighted by Crippen LogP contribution is 2.27. The third kappa shape index (κ3) is 1.07. The van der Waals surface area contributed by atoms with E-state index in [9.17, 15) is 0 Å². The molecule has 0 aliphatic rings. The van der Waals surface area contributed by atoms with E-state index in [2.05, 4.69) is 12.6 Å². The molecule has 0 aliphatic carbocycles. The molecule has 0 radical (unpaired) electrons. The van der Waals surface area contributed by atoms with Crippen molar-refractivity contribution in [3.05, 3.63) is 30.7 Å². The first-order valence-electron chi connectivity index (χ1n) is 3.18. The Morgan fingerprint density at radius 3 is 2.55 bits per heavy atom. The maximum atomic E-state index is 5.14. The largest absolute Gasteiger partial charge is 0.461 e. The second-order valence-electron chi connectivity index (χ2n) is 2.11. The van der Waals surface area contributed by atoms with Gasteiger partial charge in [-0.25, -0.2) is 0 Å². The van der Waals surface area contributed by atoms with E-state index in [-0.39, 0.29) is 0 Å². The number of thiol groups is 1. The van der Waals surface area contributed by atoms with Crippen molar-refractivity contribution in [3.8, 4) is 11.5 Å². The van der Waals surface area contributed by atoms with Gasteiger partial charge in [0.25, 0.3) is 0 Å². The van der Waals surface area contributed by atoms with E-state index in [4.69, 9.17) is 8.83 Å². The van der Waals surface area contributed by atoms with Crippen LogP contribution in [-0.2, 0) is 0 Å². The average molecular weight is 166 g/mol. The van der Waals surface area contributed by atoms with E-state index in [1.165, 1.54) is 0 Å². The first-order chi connectivity index (χ1) is 5.38. The molecule has 0 saturated heterocycles. The molecule has 2 rings (SSSR count). The van der Waals surface area contributed by atoms with Gasteiger partial charge in [-0.3, -0.25) is 0 Å². The Balaban J connectivity index is 2.53. The van der Waals surface area contributed by atoms with Crippen LogP contribution in [0, 0.1) is 0 Å². The van der Waals surface area contributed by atoms with Crippen LogP contribution in [-0.4, -0.2) is 0 Å². The predicted molar refractivity (Wildman–Crippen MR) is 43.7 cm³/mol. The molecule has 2 heterocycles. The first kappa shape index (κ1) is 6.61. The summed E-state index contributed by atoms with van der Waals surface area (Å²) >= 11 is 4.18. The number of rotatable bonds is 1. The Morgan fingerprint density at radius 2 is 2.00 bits per heavy atom. The summed E-state index contributed by atoms with van der Waals surface area (Å²) in [6.07, 6.45) is 3.19. The van der Waals surface area contributed by atoms with Crippen LogP contribution in [0.1, 0.15) is 0 Å². The summed E-state index contributed by atoms with van der Waals surface area (Å²) in [5, 5.41) is 0. The highest BCUT2D eigenvalue weighted by atomic mass is 32.1. The molecule has 0 aliphatic heterocycles. The van der Waals surface area contributed by atoms with Crippen LogP contribution in [0.5, 0.6) is 0 Å². The molecule has 0 unspecified atom stereocenters. The zero-order chi connectivity index (χ0) is 7.68. The molecule has 0 amide bonds. The lowest BCUT2D eigenvalue weighted by Crippen LogP contribution is -1.66. The highest BCUT2D eigenvalue weighted by Gasteiger charge is 2.07. The minimum atomic E-state index is 0.679. The van der Waals surface area contributed by atoms with E-state index in [0.717, 1.165) is 4.90 Å². The Hall–Kier alpha value is -1.09. The van der Waals surface area contributed by atoms with Crippen LogP contribution in [0.15, 0.2) is 44.5 Å². The predicted octanol–water partition coefficient (Wildman–Crippen LogP) is 2.83. The van der Waals surface area contributed by atoms with Crippen LogP contribution in [0.4, 0.5) is 0 Å². The number of hydrogen-bond donors (Lipinski definition) is 1. The van der Waals surface area contributed by atoms with Gasteiger partial charge in [0, 0.05) is 0 Å². The van der Waals surface area contributed by atoms with Gasteiger partial charge in [0.2, 0.25) is 0 Å². The minimum Gasteiger partial charge on any atom is -0.461 e. The summed E-state index contributed by atoms with van der Waals surface area (Å²) in [5.41, 5.74) is 0. The second kappa shape index (κ2) is 2.51. The molecule has 0 aromatic carbocycles. The molecular formula is C8H6O2S. The lowest BCUT2D eigenvalue weighted by atomic mass is 10.3. The van der Waals surface area contributed by atoms with Gasteiger partial charge >= 0.3 is 0 Å². The minimum absolute atomic E-state index is 0.679. The van der Waals surface area contributed by atoms with Gasteiger partial charge in [0.15, 0.2) is 11.5 Å². The fourth-order valence-electron chi connectivity index (χ4n) is 0.895. The lowest BCUT2D eigenvalue weighted by molar-refractivity contribution is 0.520. The molecule has 11 heavy (non-hydrogen) atoms. The molecule has 0 saturated carbocycles. The van der Waals surface area contributed by atoms with Gasteiger partial charge in [-0.15, -0.1) is 12.6 Å². The normalized spacial score (nSPS) is 10.3. The quantitative estimate of drug-likeness (QED) is 0.659. The summed E-state index contributed by atoms with van der Waals surface area (Å²) in [7, 11) is 0. The standard InChI is InChI=1S/C8H6O2S/c11-7-3-5-10-8(7)6-2-1-4-9-6/h1-5,11H. The maximum Gasteiger partial charge on any atom is 0.182 e. The number of furan rings is 2. The van der Waals surface area contributed by atoms with E-state index < -0.39 is 0 Å². The Morgan fingerprint density at radius 1 is 1.09 bits per heavy atom. The molecular weight excluding hydrogens is 160 g/mol. The highest BCUT2D eigenvalue weighted by molar-refractivity contribution is 7.80. The van der Waals surface area contributed by atoms with Gasteiger partial charge in [-0.1, -0.05) is 0 Å². The topological polar surface area (TPSA) is 26.3 Å². The Labute approximate surface area is 69.2 Å². The molecule has 2 aromatic rings. The molecule has 0 bridgehead atoms. The van der Waals surface area contributed by atoms with Crippen LogP contribution in [0.2, 0.25) is 0 Å². The van der Waals surface area contributed by atoms with Gasteiger partial charge in [0.05, 0.1) is 17.4 Å². The summed E-state index contributed by atoms with van der Waals surface area (Å²) in [5.74, 6) is 1.39. The van der Waals surface area contributed by atoms with E-state index in [0.29, 0.717) is 11.5 Å². The zero-order valence-corrected chi connectivity index (χ0v) is 6.54. The van der Waals surface area contributed by atoms with Gasteiger partial charge < -0.3 is 8.83 Å². The zero-order valence-electron chi connectivity index (χ0n) is 5.65. The summed E-state index contributed by atoms with van der Waals surface area (Å²) in [6, 6.07) is 5.42. The Kier molecular flexibility index (Phi) is 1.51. The van der Waals surface area contributed by atoms with Gasteiger partial charge in [-0.2, -0.15) is 0 Å². The molecule has 3 heteroatoms. The van der Waals surface area contributed by atoms with Crippen LogP contribution in [0.25, 0.3) is 11.5 Å². The summed E-state index contributed by atoms with van der Waals surface area (Å²) in [4.78, 5) is 0.792. The van der Waals surface area contributed by atoms with Crippen molar-refractivity contribution in [2.24, 2.45) is 0 Å². The third-order valence-corrected chi connectivity index (χ3v) is 1.74. The van der Waals surface area contributed by atoms with Crippen molar-refractivity contribution in [2.75, 3.05) is 0 Å². The molecule has 2 nitrogen and oxygen atoms in total. The van der Waals surface area contributed by atoms with Crippen molar-refractivity contribution in [2.45, 2.75) is 4.90 Å². The van der Waals surface area contributed by atoms with E-state index >= 15 is 0 Å². The van der Waals surface area contributed by atoms with E-state index in [1.807, 2.05) is 12.1 Å². The third-order valence-electron chi connectivity index (χ3n) is 1.39. The molecule has 0 spiro atoms. The van der Waals surface area contributed by atoms with Crippen molar-refractivity contribution >= 4 is 12.6 Å². The van der Waals surface area contributed by atoms with Crippen LogP contribution in [0.3, 0.4) is 0 Å². The smallest absolute Gasteiger partial charge is 0.182 e. The first-order valence-corrected chi connectivity index (χ1v) is 3.63. The molecule has 0 N–H and O–H groups in total. The second-order valence-corrected chi connectivity index (χ2v) is 2.59. The van der Waals surface area contributed by atoms with Crippen molar-refractivity contribution in [1.29, 1.82) is 0 Å². The summed E-state index contributed by atoms with van der Waals surface area (Å²) in [6.45, 7) is 0. The SMILES string of the molecule is Sc1ccoc1-c1ccco1. The fraction of sp³-hybridized carbons (Fsp3) is 0. The molecule has 0 fully saturated rings. The molecule has 2 aromatic heterocycles. The van der Waals surface area contributed by atoms with Crippen LogP contribution >= 0.6 is 12.6 Å².